The summed E-state index contributed by atoms with van der Waals surface area (Å²) in [7, 11) is 0. The van der Waals surface area contributed by atoms with Gasteiger partial charge < -0.3 is 10.1 Å². The van der Waals surface area contributed by atoms with E-state index in [1.807, 2.05) is 36.6 Å². The van der Waals surface area contributed by atoms with Crippen LogP contribution in [0.1, 0.15) is 16.3 Å². The molecule has 1 N–H and O–H groups in total. The number of thiazole rings is 1. The van der Waals surface area contributed by atoms with E-state index in [1.54, 1.807) is 23.5 Å². The maximum Gasteiger partial charge on any atom is 0.244 e. The summed E-state index contributed by atoms with van der Waals surface area (Å²) in [6.45, 7) is 6.42. The normalized spacial score (nSPS) is 10.6. The third-order valence-electron chi connectivity index (χ3n) is 2.76. The van der Waals surface area contributed by atoms with Crippen molar-refractivity contribution in [2.45, 2.75) is 13.5 Å². The molecule has 0 bridgehead atoms. The van der Waals surface area contributed by atoms with E-state index >= 15 is 0 Å². The summed E-state index contributed by atoms with van der Waals surface area (Å²) in [6.07, 6.45) is 4.88. The molecular formula is C17H18N2O2S. The first-order valence-corrected chi connectivity index (χ1v) is 7.76. The molecule has 0 saturated carbocycles. The van der Waals surface area contributed by atoms with Crippen molar-refractivity contribution in [1.82, 2.24) is 10.3 Å². The molecule has 1 amide bonds. The molecule has 0 unspecified atom stereocenters. The van der Waals surface area contributed by atoms with Gasteiger partial charge in [-0.3, -0.25) is 4.79 Å². The fourth-order valence-electron chi connectivity index (χ4n) is 1.74. The van der Waals surface area contributed by atoms with Gasteiger partial charge in [0.2, 0.25) is 5.91 Å². The zero-order chi connectivity index (χ0) is 15.8. The maximum absolute atomic E-state index is 11.5. The van der Waals surface area contributed by atoms with Crippen LogP contribution in [0.15, 0.2) is 48.4 Å². The number of carbonyl (C=O) groups excluding carboxylic acids is 1. The first-order valence-electron chi connectivity index (χ1n) is 6.88. The van der Waals surface area contributed by atoms with Crippen LogP contribution < -0.4 is 10.1 Å². The lowest BCUT2D eigenvalue weighted by Gasteiger charge is -2.05. The van der Waals surface area contributed by atoms with E-state index in [0.717, 1.165) is 22.0 Å². The molecule has 1 aromatic carbocycles. The number of nitrogens with one attached hydrogen (secondary N) is 1. The Hall–Kier alpha value is -2.40. The minimum atomic E-state index is -0.149. The highest BCUT2D eigenvalue weighted by Crippen LogP contribution is 2.17. The number of hydrogen-bond donors (Lipinski definition) is 1. The Morgan fingerprint density at radius 2 is 2.36 bits per heavy atom. The Kier molecular flexibility index (Phi) is 5.91. The number of benzene rings is 1. The molecule has 0 aliphatic rings. The summed E-state index contributed by atoms with van der Waals surface area (Å²) in [5.41, 5.74) is 1.83. The van der Waals surface area contributed by atoms with Crippen LogP contribution in [-0.2, 0) is 11.4 Å². The SMILES string of the molecule is C=CCNC(=O)/C=C/c1cccc(OCc2csc(C)n2)c1. The number of rotatable bonds is 7. The fraction of sp³-hybridized carbons (Fsp3) is 0.176. The van der Waals surface area contributed by atoms with Crippen molar-refractivity contribution in [3.05, 3.63) is 64.6 Å². The number of hydrogen-bond acceptors (Lipinski definition) is 4. The molecular weight excluding hydrogens is 296 g/mol. The number of aryl methyl sites for hydroxylation is 1. The second-order valence-electron chi connectivity index (χ2n) is 4.59. The van der Waals surface area contributed by atoms with Gasteiger partial charge >= 0.3 is 0 Å². The summed E-state index contributed by atoms with van der Waals surface area (Å²) in [5.74, 6) is 0.600. The minimum Gasteiger partial charge on any atom is -0.487 e. The number of aromatic nitrogens is 1. The van der Waals surface area contributed by atoms with Gasteiger partial charge in [0.1, 0.15) is 12.4 Å². The quantitative estimate of drug-likeness (QED) is 0.630. The molecule has 0 saturated heterocycles. The summed E-state index contributed by atoms with van der Waals surface area (Å²) < 4.78 is 5.71. The van der Waals surface area contributed by atoms with Crippen LogP contribution in [0, 0.1) is 6.92 Å². The Balaban J connectivity index is 1.93. The molecule has 4 nitrogen and oxygen atoms in total. The van der Waals surface area contributed by atoms with Crippen LogP contribution in [0.25, 0.3) is 6.08 Å². The molecule has 0 atom stereocenters. The highest BCUT2D eigenvalue weighted by atomic mass is 32.1. The third-order valence-corrected chi connectivity index (χ3v) is 3.58. The molecule has 0 aliphatic carbocycles. The molecule has 22 heavy (non-hydrogen) atoms. The van der Waals surface area contributed by atoms with Gasteiger partial charge in [0, 0.05) is 18.0 Å². The zero-order valence-electron chi connectivity index (χ0n) is 12.4. The van der Waals surface area contributed by atoms with Gasteiger partial charge in [-0.15, -0.1) is 17.9 Å². The van der Waals surface area contributed by atoms with E-state index < -0.39 is 0 Å². The van der Waals surface area contributed by atoms with E-state index in [2.05, 4.69) is 16.9 Å². The van der Waals surface area contributed by atoms with Crippen LogP contribution in [-0.4, -0.2) is 17.4 Å². The number of nitrogens with zero attached hydrogens (tertiary/aromatic N) is 1. The second kappa shape index (κ2) is 8.14. The van der Waals surface area contributed by atoms with Crippen LogP contribution in [0.5, 0.6) is 5.75 Å². The Bertz CT molecular complexity index is 677. The lowest BCUT2D eigenvalue weighted by atomic mass is 10.2. The van der Waals surface area contributed by atoms with E-state index in [0.29, 0.717) is 13.2 Å². The van der Waals surface area contributed by atoms with Gasteiger partial charge in [-0.05, 0) is 30.7 Å². The zero-order valence-corrected chi connectivity index (χ0v) is 13.2. The minimum absolute atomic E-state index is 0.149. The molecule has 0 spiro atoms. The largest absolute Gasteiger partial charge is 0.487 e. The smallest absolute Gasteiger partial charge is 0.244 e. The van der Waals surface area contributed by atoms with Crippen molar-refractivity contribution < 1.29 is 9.53 Å². The molecule has 1 aromatic heterocycles. The van der Waals surface area contributed by atoms with Gasteiger partial charge in [0.15, 0.2) is 0 Å². The van der Waals surface area contributed by atoms with E-state index in [1.165, 1.54) is 6.08 Å². The molecule has 2 aromatic rings. The van der Waals surface area contributed by atoms with Crippen LogP contribution >= 0.6 is 11.3 Å². The van der Waals surface area contributed by atoms with Crippen molar-refractivity contribution in [3.63, 3.8) is 0 Å². The fourth-order valence-corrected chi connectivity index (χ4v) is 2.34. The first-order chi connectivity index (χ1) is 10.7. The maximum atomic E-state index is 11.5. The topological polar surface area (TPSA) is 51.2 Å². The predicted molar refractivity (Wildman–Crippen MR) is 89.9 cm³/mol. The highest BCUT2D eigenvalue weighted by Gasteiger charge is 2.00. The summed E-state index contributed by atoms with van der Waals surface area (Å²) in [5, 5.41) is 5.70. The average Bonchev–Trinajstić information content (AvgIpc) is 2.95. The van der Waals surface area contributed by atoms with Gasteiger partial charge in [-0.25, -0.2) is 4.98 Å². The van der Waals surface area contributed by atoms with Crippen molar-refractivity contribution >= 4 is 23.3 Å². The second-order valence-corrected chi connectivity index (χ2v) is 5.65. The van der Waals surface area contributed by atoms with Crippen molar-refractivity contribution in [1.29, 1.82) is 0 Å². The van der Waals surface area contributed by atoms with E-state index in [4.69, 9.17) is 4.74 Å². The van der Waals surface area contributed by atoms with E-state index in [-0.39, 0.29) is 5.91 Å². The first kappa shape index (κ1) is 16.0. The predicted octanol–water partition coefficient (Wildman–Crippen LogP) is 3.35. The highest BCUT2D eigenvalue weighted by molar-refractivity contribution is 7.09. The van der Waals surface area contributed by atoms with Gasteiger partial charge in [0.05, 0.1) is 10.7 Å². The van der Waals surface area contributed by atoms with Gasteiger partial charge in [-0.2, -0.15) is 0 Å². The van der Waals surface area contributed by atoms with Crippen LogP contribution in [0.2, 0.25) is 0 Å². The summed E-state index contributed by atoms with van der Waals surface area (Å²) >= 11 is 1.61. The Labute approximate surface area is 134 Å². The Morgan fingerprint density at radius 3 is 3.09 bits per heavy atom. The van der Waals surface area contributed by atoms with Gasteiger partial charge in [-0.1, -0.05) is 18.2 Å². The third kappa shape index (κ3) is 5.18. The summed E-state index contributed by atoms with van der Waals surface area (Å²) in [6, 6.07) is 7.57. The molecule has 2 rings (SSSR count). The van der Waals surface area contributed by atoms with Crippen molar-refractivity contribution in [2.75, 3.05) is 6.54 Å². The van der Waals surface area contributed by atoms with Crippen LogP contribution in [0.3, 0.4) is 0 Å². The molecule has 114 valence electrons. The molecule has 0 fully saturated rings. The lowest BCUT2D eigenvalue weighted by Crippen LogP contribution is -2.20. The monoisotopic (exact) mass is 314 g/mol. The van der Waals surface area contributed by atoms with E-state index in [9.17, 15) is 4.79 Å². The van der Waals surface area contributed by atoms with Crippen LogP contribution in [0.4, 0.5) is 0 Å². The average molecular weight is 314 g/mol. The molecule has 0 radical (unpaired) electrons. The molecule has 1 heterocycles. The van der Waals surface area contributed by atoms with Gasteiger partial charge in [0.25, 0.3) is 0 Å². The molecule has 0 aliphatic heterocycles. The summed E-state index contributed by atoms with van der Waals surface area (Å²) in [4.78, 5) is 15.8. The van der Waals surface area contributed by atoms with Crippen molar-refractivity contribution in [2.24, 2.45) is 0 Å². The standard InChI is InChI=1S/C17H18N2O2S/c1-3-9-18-17(20)8-7-14-5-4-6-16(10-14)21-11-15-12-22-13(2)19-15/h3-8,10,12H,1,9,11H2,2H3,(H,18,20)/b8-7+. The number of amides is 1. The number of ether oxygens (including phenoxy) is 1. The number of carbonyl (C=O) groups is 1. The van der Waals surface area contributed by atoms with Crippen molar-refractivity contribution in [3.8, 4) is 5.75 Å². The molecule has 5 heteroatoms. The Morgan fingerprint density at radius 1 is 1.50 bits per heavy atom. The lowest BCUT2D eigenvalue weighted by molar-refractivity contribution is -0.116.